The van der Waals surface area contributed by atoms with E-state index in [0.29, 0.717) is 11.4 Å². The lowest BCUT2D eigenvalue weighted by atomic mass is 9.85. The second kappa shape index (κ2) is 8.25. The maximum atomic E-state index is 12.1. The highest BCUT2D eigenvalue weighted by Crippen LogP contribution is 2.25. The van der Waals surface area contributed by atoms with E-state index in [9.17, 15) is 14.4 Å². The number of carbonyl (C=O) groups is 3. The lowest BCUT2D eigenvalue weighted by molar-refractivity contribution is -0.139. The smallest absolute Gasteiger partial charge is 0.317 e. The average molecular weight is 353 g/mol. The monoisotopic (exact) mass is 353 g/mol. The molecule has 1 heterocycles. The van der Waals surface area contributed by atoms with Crippen LogP contribution in [0.4, 0.5) is 0 Å². The van der Waals surface area contributed by atoms with E-state index < -0.39 is 12.0 Å². The lowest BCUT2D eigenvalue weighted by Crippen LogP contribution is -2.57. The summed E-state index contributed by atoms with van der Waals surface area (Å²) in [6.45, 7) is 4.27. The molecule has 1 fully saturated rings. The summed E-state index contributed by atoms with van der Waals surface area (Å²) in [7, 11) is 0. The van der Waals surface area contributed by atoms with Gasteiger partial charge in [0.05, 0.1) is 11.4 Å². The number of thiophene rings is 1. The van der Waals surface area contributed by atoms with Gasteiger partial charge < -0.3 is 15.7 Å². The van der Waals surface area contributed by atoms with Gasteiger partial charge in [0.15, 0.2) is 0 Å². The summed E-state index contributed by atoms with van der Waals surface area (Å²) >= 11 is 1.33. The minimum Gasteiger partial charge on any atom is -0.480 e. The minimum absolute atomic E-state index is 0.0229. The van der Waals surface area contributed by atoms with Crippen molar-refractivity contribution in [2.24, 2.45) is 0 Å². The van der Waals surface area contributed by atoms with Gasteiger partial charge in [-0.3, -0.25) is 19.3 Å². The first kappa shape index (κ1) is 18.4. The second-order valence-corrected chi connectivity index (χ2v) is 6.91. The van der Waals surface area contributed by atoms with E-state index in [1.54, 1.807) is 19.1 Å². The molecule has 0 aromatic carbocycles. The molecule has 24 heavy (non-hydrogen) atoms. The van der Waals surface area contributed by atoms with Crippen LogP contribution in [0.5, 0.6) is 0 Å². The van der Waals surface area contributed by atoms with Crippen LogP contribution in [-0.2, 0) is 9.59 Å². The third-order valence-corrected chi connectivity index (χ3v) is 5.07. The molecule has 1 unspecified atom stereocenters. The zero-order valence-electron chi connectivity index (χ0n) is 13.8. The van der Waals surface area contributed by atoms with E-state index in [1.165, 1.54) is 11.3 Å². The van der Waals surface area contributed by atoms with Crippen molar-refractivity contribution >= 4 is 29.1 Å². The Morgan fingerprint density at radius 3 is 2.67 bits per heavy atom. The molecular formula is C16H23N3O4S. The van der Waals surface area contributed by atoms with Gasteiger partial charge in [-0.2, -0.15) is 0 Å². The van der Waals surface area contributed by atoms with Gasteiger partial charge in [-0.1, -0.05) is 13.0 Å². The normalized spacial score (nSPS) is 21.0. The summed E-state index contributed by atoms with van der Waals surface area (Å²) in [4.78, 5) is 37.4. The predicted molar refractivity (Wildman–Crippen MR) is 91.1 cm³/mol. The number of nitrogens with one attached hydrogen (secondary N) is 2. The first-order valence-electron chi connectivity index (χ1n) is 8.01. The Hall–Kier alpha value is -1.93. The Balaban J connectivity index is 1.73. The summed E-state index contributed by atoms with van der Waals surface area (Å²) in [6, 6.07) is 3.11. The van der Waals surface area contributed by atoms with Gasteiger partial charge in [0, 0.05) is 12.1 Å². The fourth-order valence-corrected chi connectivity index (χ4v) is 3.37. The SMILES string of the molecule is CCN(CC(=O)O)C1CC(NC(=O)C(C)NC(=O)c2cccs2)C1. The number of carboxylic acid groups (broad SMARTS) is 1. The van der Waals surface area contributed by atoms with E-state index in [1.807, 2.05) is 17.2 Å². The Bertz CT molecular complexity index is 584. The van der Waals surface area contributed by atoms with Gasteiger partial charge in [-0.25, -0.2) is 0 Å². The van der Waals surface area contributed by atoms with Crippen LogP contribution in [0.15, 0.2) is 17.5 Å². The fourth-order valence-electron chi connectivity index (χ4n) is 2.74. The summed E-state index contributed by atoms with van der Waals surface area (Å²) in [5.41, 5.74) is 0. The quantitative estimate of drug-likeness (QED) is 0.645. The van der Waals surface area contributed by atoms with Gasteiger partial charge >= 0.3 is 5.97 Å². The van der Waals surface area contributed by atoms with Crippen molar-refractivity contribution in [1.82, 2.24) is 15.5 Å². The number of hydrogen-bond donors (Lipinski definition) is 3. The largest absolute Gasteiger partial charge is 0.480 e. The number of carboxylic acids is 1. The van der Waals surface area contributed by atoms with Crippen molar-refractivity contribution in [3.8, 4) is 0 Å². The zero-order valence-corrected chi connectivity index (χ0v) is 14.6. The molecule has 0 bridgehead atoms. The zero-order chi connectivity index (χ0) is 17.7. The second-order valence-electron chi connectivity index (χ2n) is 5.96. The van der Waals surface area contributed by atoms with Crippen LogP contribution in [0, 0.1) is 0 Å². The number of amides is 2. The molecule has 8 heteroatoms. The van der Waals surface area contributed by atoms with E-state index in [-0.39, 0.29) is 30.4 Å². The number of nitrogens with zero attached hydrogens (tertiary/aromatic N) is 1. The molecule has 0 saturated heterocycles. The molecule has 1 aromatic heterocycles. The van der Waals surface area contributed by atoms with Crippen molar-refractivity contribution in [3.63, 3.8) is 0 Å². The molecule has 2 rings (SSSR count). The fraction of sp³-hybridized carbons (Fsp3) is 0.562. The van der Waals surface area contributed by atoms with E-state index in [4.69, 9.17) is 5.11 Å². The standard InChI is InChI=1S/C16H23N3O4S/c1-3-19(9-14(20)21)12-7-11(8-12)18-15(22)10(2)17-16(23)13-5-4-6-24-13/h4-6,10-12H,3,7-9H2,1-2H3,(H,17,23)(H,18,22)(H,20,21). The van der Waals surface area contributed by atoms with Crippen LogP contribution in [0.2, 0.25) is 0 Å². The summed E-state index contributed by atoms with van der Waals surface area (Å²) < 4.78 is 0. The van der Waals surface area contributed by atoms with Gasteiger partial charge in [0.25, 0.3) is 5.91 Å². The lowest BCUT2D eigenvalue weighted by Gasteiger charge is -2.42. The van der Waals surface area contributed by atoms with Crippen LogP contribution in [0.3, 0.4) is 0 Å². The van der Waals surface area contributed by atoms with Crippen molar-refractivity contribution in [3.05, 3.63) is 22.4 Å². The third-order valence-electron chi connectivity index (χ3n) is 4.21. The summed E-state index contributed by atoms with van der Waals surface area (Å²) in [6.07, 6.45) is 1.47. The molecule has 132 valence electrons. The third kappa shape index (κ3) is 4.78. The highest BCUT2D eigenvalue weighted by atomic mass is 32.1. The number of aliphatic carboxylic acids is 1. The summed E-state index contributed by atoms with van der Waals surface area (Å²) in [5.74, 6) is -1.31. The molecule has 0 radical (unpaired) electrons. The van der Waals surface area contributed by atoms with Crippen molar-refractivity contribution in [2.75, 3.05) is 13.1 Å². The van der Waals surface area contributed by atoms with Crippen LogP contribution in [-0.4, -0.2) is 59.0 Å². The highest BCUT2D eigenvalue weighted by molar-refractivity contribution is 7.12. The maximum Gasteiger partial charge on any atom is 0.317 e. The molecule has 1 aromatic rings. The Morgan fingerprint density at radius 2 is 2.12 bits per heavy atom. The van der Waals surface area contributed by atoms with Crippen LogP contribution in [0.25, 0.3) is 0 Å². The Kier molecular flexibility index (Phi) is 6.33. The maximum absolute atomic E-state index is 12.1. The number of hydrogen-bond acceptors (Lipinski definition) is 5. The first-order valence-corrected chi connectivity index (χ1v) is 8.89. The molecule has 0 spiro atoms. The van der Waals surface area contributed by atoms with E-state index in [2.05, 4.69) is 10.6 Å². The van der Waals surface area contributed by atoms with E-state index >= 15 is 0 Å². The van der Waals surface area contributed by atoms with Gasteiger partial charge in [0.2, 0.25) is 5.91 Å². The number of rotatable bonds is 8. The molecule has 1 aliphatic carbocycles. The molecule has 1 saturated carbocycles. The van der Waals surface area contributed by atoms with Crippen molar-refractivity contribution < 1.29 is 19.5 Å². The topological polar surface area (TPSA) is 98.7 Å². The Morgan fingerprint density at radius 1 is 1.42 bits per heavy atom. The first-order chi connectivity index (χ1) is 11.4. The van der Waals surface area contributed by atoms with Crippen LogP contribution >= 0.6 is 11.3 Å². The number of carbonyl (C=O) groups excluding carboxylic acids is 2. The van der Waals surface area contributed by atoms with Gasteiger partial charge in [0.1, 0.15) is 6.04 Å². The molecule has 3 N–H and O–H groups in total. The van der Waals surface area contributed by atoms with Crippen LogP contribution in [0.1, 0.15) is 36.4 Å². The molecule has 0 aliphatic heterocycles. The molecule has 7 nitrogen and oxygen atoms in total. The minimum atomic E-state index is -0.839. The number of likely N-dealkylation sites (N-methyl/N-ethyl adjacent to an activating group) is 1. The van der Waals surface area contributed by atoms with Gasteiger partial charge in [-0.05, 0) is 37.8 Å². The Labute approximate surface area is 145 Å². The molecule has 2 amide bonds. The van der Waals surface area contributed by atoms with Gasteiger partial charge in [-0.15, -0.1) is 11.3 Å². The summed E-state index contributed by atoms with van der Waals surface area (Å²) in [5, 5.41) is 16.3. The van der Waals surface area contributed by atoms with Crippen molar-refractivity contribution in [1.29, 1.82) is 0 Å². The van der Waals surface area contributed by atoms with Crippen molar-refractivity contribution in [2.45, 2.75) is 44.8 Å². The molecule has 1 aliphatic rings. The average Bonchev–Trinajstić information content (AvgIpc) is 3.02. The van der Waals surface area contributed by atoms with E-state index in [0.717, 1.165) is 12.8 Å². The molecular weight excluding hydrogens is 330 g/mol. The highest BCUT2D eigenvalue weighted by Gasteiger charge is 2.35. The molecule has 1 atom stereocenters. The predicted octanol–water partition coefficient (Wildman–Crippen LogP) is 0.920. The van der Waals surface area contributed by atoms with Crippen LogP contribution < -0.4 is 10.6 Å².